The van der Waals surface area contributed by atoms with Crippen LogP contribution >= 0.6 is 0 Å². The number of nitriles is 1. The maximum absolute atomic E-state index is 9.01. The van der Waals surface area contributed by atoms with E-state index in [-0.39, 0.29) is 0 Å². The van der Waals surface area contributed by atoms with E-state index in [9.17, 15) is 0 Å². The normalized spacial score (nSPS) is 11.2. The molecule has 0 saturated heterocycles. The van der Waals surface area contributed by atoms with Crippen molar-refractivity contribution < 1.29 is 4.74 Å². The smallest absolute Gasteiger partial charge is 0.191 e. The lowest BCUT2D eigenvalue weighted by atomic mass is 10.2. The van der Waals surface area contributed by atoms with Crippen LogP contribution in [0.25, 0.3) is 0 Å². The molecule has 0 saturated carbocycles. The van der Waals surface area contributed by atoms with Gasteiger partial charge in [-0.05, 0) is 24.5 Å². The highest BCUT2D eigenvalue weighted by Gasteiger charge is 2.01. The summed E-state index contributed by atoms with van der Waals surface area (Å²) in [6, 6.07) is 5.60. The minimum Gasteiger partial charge on any atom is -0.381 e. The molecule has 0 atom stereocenters. The summed E-state index contributed by atoms with van der Waals surface area (Å²) in [6.45, 7) is 7.96. The number of hydrogen-bond donors (Lipinski definition) is 3. The van der Waals surface area contributed by atoms with Crippen molar-refractivity contribution in [3.63, 3.8) is 0 Å². The molecule has 0 aliphatic heterocycles. The average molecular weight is 332 g/mol. The molecule has 3 N–H and O–H groups in total. The van der Waals surface area contributed by atoms with Gasteiger partial charge >= 0.3 is 0 Å². The minimum atomic E-state index is 0.543. The molecule has 1 rings (SSSR count). The molecular formula is C17H28N6O. The van der Waals surface area contributed by atoms with E-state index in [4.69, 9.17) is 10.00 Å². The SMILES string of the molecule is CN=C(NCCCOCC(C)C)NCCNc1ncccc1C#N. The van der Waals surface area contributed by atoms with E-state index in [2.05, 4.69) is 45.8 Å². The van der Waals surface area contributed by atoms with Gasteiger partial charge in [-0.3, -0.25) is 4.99 Å². The van der Waals surface area contributed by atoms with Gasteiger partial charge in [-0.15, -0.1) is 0 Å². The van der Waals surface area contributed by atoms with E-state index in [1.807, 2.05) is 0 Å². The number of aliphatic imine (C=N–C) groups is 1. The predicted octanol–water partition coefficient (Wildman–Crippen LogP) is 1.59. The van der Waals surface area contributed by atoms with E-state index in [1.165, 1.54) is 0 Å². The number of aromatic nitrogens is 1. The average Bonchev–Trinajstić information content (AvgIpc) is 2.59. The Morgan fingerprint density at radius 1 is 1.33 bits per heavy atom. The third-order valence-electron chi connectivity index (χ3n) is 3.07. The summed E-state index contributed by atoms with van der Waals surface area (Å²) in [5.74, 6) is 1.93. The summed E-state index contributed by atoms with van der Waals surface area (Å²) >= 11 is 0. The molecule has 0 aliphatic carbocycles. The zero-order chi connectivity index (χ0) is 17.6. The Morgan fingerprint density at radius 2 is 2.12 bits per heavy atom. The van der Waals surface area contributed by atoms with Crippen LogP contribution in [-0.2, 0) is 4.74 Å². The van der Waals surface area contributed by atoms with Crippen LogP contribution in [0.1, 0.15) is 25.8 Å². The lowest BCUT2D eigenvalue weighted by molar-refractivity contribution is 0.108. The number of anilines is 1. The fourth-order valence-corrected chi connectivity index (χ4v) is 1.92. The highest BCUT2D eigenvalue weighted by atomic mass is 16.5. The van der Waals surface area contributed by atoms with Gasteiger partial charge in [0.25, 0.3) is 0 Å². The van der Waals surface area contributed by atoms with E-state index in [0.717, 1.165) is 32.1 Å². The first-order chi connectivity index (χ1) is 11.7. The third kappa shape index (κ3) is 8.34. The Bertz CT molecular complexity index is 538. The second-order valence-corrected chi connectivity index (χ2v) is 5.69. The van der Waals surface area contributed by atoms with Gasteiger partial charge in [0.1, 0.15) is 11.9 Å². The van der Waals surface area contributed by atoms with Crippen molar-refractivity contribution in [1.82, 2.24) is 15.6 Å². The van der Waals surface area contributed by atoms with Gasteiger partial charge in [0.05, 0.1) is 5.56 Å². The number of guanidine groups is 1. The quantitative estimate of drug-likeness (QED) is 0.342. The molecule has 7 nitrogen and oxygen atoms in total. The van der Waals surface area contributed by atoms with Gasteiger partial charge in [0, 0.05) is 46.1 Å². The van der Waals surface area contributed by atoms with Crippen LogP contribution < -0.4 is 16.0 Å². The Hall–Kier alpha value is -2.33. The predicted molar refractivity (Wildman–Crippen MR) is 97.1 cm³/mol. The van der Waals surface area contributed by atoms with Crippen molar-refractivity contribution >= 4 is 11.8 Å². The first kappa shape index (κ1) is 19.7. The Balaban J connectivity index is 2.15. The molecular weight excluding hydrogens is 304 g/mol. The molecule has 132 valence electrons. The fourth-order valence-electron chi connectivity index (χ4n) is 1.92. The van der Waals surface area contributed by atoms with E-state index in [1.54, 1.807) is 25.4 Å². The molecule has 24 heavy (non-hydrogen) atoms. The number of nitrogens with one attached hydrogen (secondary N) is 3. The van der Waals surface area contributed by atoms with Crippen molar-refractivity contribution in [3.05, 3.63) is 23.9 Å². The van der Waals surface area contributed by atoms with Crippen molar-refractivity contribution in [3.8, 4) is 6.07 Å². The van der Waals surface area contributed by atoms with Crippen LogP contribution in [0.5, 0.6) is 0 Å². The molecule has 1 aromatic rings. The maximum Gasteiger partial charge on any atom is 0.191 e. The number of ether oxygens (including phenoxy) is 1. The van der Waals surface area contributed by atoms with Crippen LogP contribution in [0.4, 0.5) is 5.82 Å². The lowest BCUT2D eigenvalue weighted by Crippen LogP contribution is -2.40. The van der Waals surface area contributed by atoms with Crippen molar-refractivity contribution in [1.29, 1.82) is 5.26 Å². The van der Waals surface area contributed by atoms with Crippen LogP contribution in [-0.4, -0.2) is 50.8 Å². The summed E-state index contributed by atoms with van der Waals surface area (Å²) in [7, 11) is 1.74. The topological polar surface area (TPSA) is 94.4 Å². The van der Waals surface area contributed by atoms with Gasteiger partial charge in [0.2, 0.25) is 0 Å². The lowest BCUT2D eigenvalue weighted by Gasteiger charge is -2.13. The van der Waals surface area contributed by atoms with Crippen molar-refractivity contribution in [2.45, 2.75) is 20.3 Å². The molecule has 0 spiro atoms. The third-order valence-corrected chi connectivity index (χ3v) is 3.07. The van der Waals surface area contributed by atoms with Crippen molar-refractivity contribution in [2.24, 2.45) is 10.9 Å². The Kier molecular flexibility index (Phi) is 9.97. The van der Waals surface area contributed by atoms with Gasteiger partial charge < -0.3 is 20.7 Å². The summed E-state index contributed by atoms with van der Waals surface area (Å²) in [5, 5.41) is 18.6. The molecule has 0 unspecified atom stereocenters. The molecule has 0 bridgehead atoms. The summed E-state index contributed by atoms with van der Waals surface area (Å²) in [6.07, 6.45) is 2.60. The van der Waals surface area contributed by atoms with Crippen LogP contribution in [0.15, 0.2) is 23.3 Å². The van der Waals surface area contributed by atoms with Crippen molar-refractivity contribution in [2.75, 3.05) is 45.2 Å². The van der Waals surface area contributed by atoms with E-state index < -0.39 is 0 Å². The second kappa shape index (κ2) is 12.1. The Morgan fingerprint density at radius 3 is 2.83 bits per heavy atom. The molecule has 0 aromatic carbocycles. The minimum absolute atomic E-state index is 0.543. The first-order valence-corrected chi connectivity index (χ1v) is 8.28. The molecule has 0 radical (unpaired) electrons. The molecule has 0 fully saturated rings. The van der Waals surface area contributed by atoms with Crippen LogP contribution in [0.3, 0.4) is 0 Å². The number of hydrogen-bond acceptors (Lipinski definition) is 5. The summed E-state index contributed by atoms with van der Waals surface area (Å²) in [4.78, 5) is 8.33. The van der Waals surface area contributed by atoms with Crippen LogP contribution in [0.2, 0.25) is 0 Å². The van der Waals surface area contributed by atoms with Crippen LogP contribution in [0, 0.1) is 17.2 Å². The zero-order valence-electron chi connectivity index (χ0n) is 14.8. The highest BCUT2D eigenvalue weighted by Crippen LogP contribution is 2.08. The number of rotatable bonds is 10. The number of pyridine rings is 1. The molecule has 1 heterocycles. The molecule has 7 heteroatoms. The van der Waals surface area contributed by atoms with Gasteiger partial charge in [-0.1, -0.05) is 13.8 Å². The highest BCUT2D eigenvalue weighted by molar-refractivity contribution is 5.79. The van der Waals surface area contributed by atoms with E-state index in [0.29, 0.717) is 30.4 Å². The van der Waals surface area contributed by atoms with Gasteiger partial charge in [0.15, 0.2) is 5.96 Å². The summed E-state index contributed by atoms with van der Waals surface area (Å²) < 4.78 is 5.54. The molecule has 0 amide bonds. The summed E-state index contributed by atoms with van der Waals surface area (Å²) in [5.41, 5.74) is 0.543. The maximum atomic E-state index is 9.01. The zero-order valence-corrected chi connectivity index (χ0v) is 14.8. The number of nitrogens with zero attached hydrogens (tertiary/aromatic N) is 3. The van der Waals surface area contributed by atoms with Gasteiger partial charge in [-0.2, -0.15) is 5.26 Å². The monoisotopic (exact) mass is 332 g/mol. The largest absolute Gasteiger partial charge is 0.381 e. The van der Waals surface area contributed by atoms with Gasteiger partial charge in [-0.25, -0.2) is 4.98 Å². The first-order valence-electron chi connectivity index (χ1n) is 8.28. The standard InChI is InChI=1S/C17H28N6O/c1-14(2)13-24-11-5-8-22-17(19-3)23-10-9-21-16-15(12-18)6-4-7-20-16/h4,6-7,14H,5,8-11,13H2,1-3H3,(H,20,21)(H2,19,22,23). The Labute approximate surface area is 144 Å². The second-order valence-electron chi connectivity index (χ2n) is 5.69. The fraction of sp³-hybridized carbons (Fsp3) is 0.588. The molecule has 0 aliphatic rings. The molecule has 1 aromatic heterocycles. The van der Waals surface area contributed by atoms with E-state index >= 15 is 0 Å².